The highest BCUT2D eigenvalue weighted by molar-refractivity contribution is 5.47. The summed E-state index contributed by atoms with van der Waals surface area (Å²) in [6, 6.07) is 8.45. The van der Waals surface area contributed by atoms with Crippen molar-refractivity contribution in [2.24, 2.45) is 0 Å². The van der Waals surface area contributed by atoms with Crippen molar-refractivity contribution in [3.63, 3.8) is 0 Å². The van der Waals surface area contributed by atoms with Gasteiger partial charge in [0.15, 0.2) is 0 Å². The summed E-state index contributed by atoms with van der Waals surface area (Å²) in [5.74, 6) is 0. The van der Waals surface area contributed by atoms with Crippen molar-refractivity contribution in [2.45, 2.75) is 33.3 Å². The summed E-state index contributed by atoms with van der Waals surface area (Å²) in [7, 11) is 0. The lowest BCUT2D eigenvalue weighted by molar-refractivity contribution is 0.195. The van der Waals surface area contributed by atoms with E-state index in [4.69, 9.17) is 0 Å². The minimum Gasteiger partial charge on any atom is -0.393 e. The fourth-order valence-electron chi connectivity index (χ4n) is 1.77. The molecule has 1 unspecified atom stereocenters. The van der Waals surface area contributed by atoms with Gasteiger partial charge >= 0.3 is 0 Å². The third-order valence-electron chi connectivity index (χ3n) is 2.60. The molecule has 0 aliphatic heterocycles. The van der Waals surface area contributed by atoms with E-state index in [0.29, 0.717) is 0 Å². The van der Waals surface area contributed by atoms with E-state index in [1.165, 1.54) is 11.3 Å². The molecule has 0 amide bonds. The lowest BCUT2D eigenvalue weighted by Gasteiger charge is -2.21. The van der Waals surface area contributed by atoms with Crippen LogP contribution in [0.4, 0.5) is 5.69 Å². The average molecular weight is 207 g/mol. The molecule has 0 spiro atoms. The molecule has 0 saturated carbocycles. The highest BCUT2D eigenvalue weighted by Crippen LogP contribution is 2.15. The molecule has 2 heteroatoms. The van der Waals surface area contributed by atoms with Crippen LogP contribution in [0.5, 0.6) is 0 Å². The average Bonchev–Trinajstić information content (AvgIpc) is 2.21. The second-order valence-corrected chi connectivity index (χ2v) is 3.89. The Morgan fingerprint density at radius 1 is 1.13 bits per heavy atom. The van der Waals surface area contributed by atoms with Crippen molar-refractivity contribution in [1.29, 1.82) is 0 Å². The van der Waals surface area contributed by atoms with E-state index in [9.17, 15) is 5.11 Å². The zero-order valence-electron chi connectivity index (χ0n) is 9.90. The molecule has 0 aliphatic carbocycles. The van der Waals surface area contributed by atoms with Gasteiger partial charge in [-0.2, -0.15) is 0 Å². The summed E-state index contributed by atoms with van der Waals surface area (Å²) in [5.41, 5.74) is 2.45. The molecular formula is C13H21NO. The normalized spacial score (nSPS) is 12.5. The predicted molar refractivity (Wildman–Crippen MR) is 65.4 cm³/mol. The first-order chi connectivity index (χ1) is 7.17. The molecule has 1 atom stereocenters. The molecule has 84 valence electrons. The first-order valence-corrected chi connectivity index (χ1v) is 5.69. The molecule has 2 nitrogen and oxygen atoms in total. The van der Waals surface area contributed by atoms with Gasteiger partial charge in [-0.3, -0.25) is 0 Å². The molecule has 0 bridgehead atoms. The zero-order valence-corrected chi connectivity index (χ0v) is 9.90. The number of hydrogen-bond acceptors (Lipinski definition) is 2. The van der Waals surface area contributed by atoms with Crippen LogP contribution < -0.4 is 4.90 Å². The first-order valence-electron chi connectivity index (χ1n) is 5.69. The standard InChI is InChI=1S/C13H21NO/c1-4-14(5-2)13-8-6-12(7-9-13)10-11(3)15/h6-9,11,15H,4-5,10H2,1-3H3. The second-order valence-electron chi connectivity index (χ2n) is 3.89. The van der Waals surface area contributed by atoms with Gasteiger partial charge in [-0.05, 0) is 44.9 Å². The SMILES string of the molecule is CCN(CC)c1ccc(CC(C)O)cc1. The Morgan fingerprint density at radius 2 is 1.67 bits per heavy atom. The van der Waals surface area contributed by atoms with Crippen molar-refractivity contribution in [3.8, 4) is 0 Å². The summed E-state index contributed by atoms with van der Waals surface area (Å²) < 4.78 is 0. The van der Waals surface area contributed by atoms with Gasteiger partial charge in [0, 0.05) is 18.8 Å². The van der Waals surface area contributed by atoms with Crippen molar-refractivity contribution in [3.05, 3.63) is 29.8 Å². The molecule has 0 aromatic heterocycles. The van der Waals surface area contributed by atoms with Gasteiger partial charge in [0.05, 0.1) is 6.10 Å². The molecule has 0 saturated heterocycles. The minimum absolute atomic E-state index is 0.260. The summed E-state index contributed by atoms with van der Waals surface area (Å²) >= 11 is 0. The molecule has 0 radical (unpaired) electrons. The topological polar surface area (TPSA) is 23.5 Å². The number of benzene rings is 1. The van der Waals surface area contributed by atoms with E-state index in [2.05, 4.69) is 43.0 Å². The maximum Gasteiger partial charge on any atom is 0.0552 e. The molecule has 0 fully saturated rings. The third-order valence-corrected chi connectivity index (χ3v) is 2.60. The number of hydrogen-bond donors (Lipinski definition) is 1. The highest BCUT2D eigenvalue weighted by atomic mass is 16.3. The quantitative estimate of drug-likeness (QED) is 0.801. The van der Waals surface area contributed by atoms with E-state index in [1.807, 2.05) is 6.92 Å². The Bertz CT molecular complexity index is 275. The van der Waals surface area contributed by atoms with Crippen LogP contribution in [0.25, 0.3) is 0 Å². The monoisotopic (exact) mass is 207 g/mol. The van der Waals surface area contributed by atoms with Gasteiger partial charge < -0.3 is 10.0 Å². The Morgan fingerprint density at radius 3 is 2.07 bits per heavy atom. The van der Waals surface area contributed by atoms with E-state index in [-0.39, 0.29) is 6.10 Å². The van der Waals surface area contributed by atoms with Crippen molar-refractivity contribution >= 4 is 5.69 Å². The maximum atomic E-state index is 9.27. The Labute approximate surface area is 92.5 Å². The lowest BCUT2D eigenvalue weighted by Crippen LogP contribution is -2.21. The Hall–Kier alpha value is -1.02. The Kier molecular flexibility index (Phi) is 4.63. The first kappa shape index (κ1) is 12.1. The van der Waals surface area contributed by atoms with Gasteiger partial charge in [0.25, 0.3) is 0 Å². The van der Waals surface area contributed by atoms with Crippen LogP contribution in [0.3, 0.4) is 0 Å². The van der Waals surface area contributed by atoms with Crippen LogP contribution in [-0.2, 0) is 6.42 Å². The summed E-state index contributed by atoms with van der Waals surface area (Å²) in [4.78, 5) is 2.31. The summed E-state index contributed by atoms with van der Waals surface area (Å²) in [6.07, 6.45) is 0.475. The molecule has 15 heavy (non-hydrogen) atoms. The molecule has 0 heterocycles. The van der Waals surface area contributed by atoms with Gasteiger partial charge in [-0.25, -0.2) is 0 Å². The van der Waals surface area contributed by atoms with Crippen LogP contribution in [0.1, 0.15) is 26.3 Å². The van der Waals surface area contributed by atoms with Crippen LogP contribution in [-0.4, -0.2) is 24.3 Å². The number of nitrogens with zero attached hydrogens (tertiary/aromatic N) is 1. The second kappa shape index (κ2) is 5.76. The van der Waals surface area contributed by atoms with Crippen LogP contribution in [0.15, 0.2) is 24.3 Å². The number of anilines is 1. The van der Waals surface area contributed by atoms with Gasteiger partial charge in [-0.1, -0.05) is 12.1 Å². The molecule has 0 aliphatic rings. The van der Waals surface area contributed by atoms with Gasteiger partial charge in [0.2, 0.25) is 0 Å². The van der Waals surface area contributed by atoms with E-state index >= 15 is 0 Å². The lowest BCUT2D eigenvalue weighted by atomic mass is 10.1. The molecule has 1 aromatic rings. The van der Waals surface area contributed by atoms with Crippen molar-refractivity contribution < 1.29 is 5.11 Å². The maximum absolute atomic E-state index is 9.27. The zero-order chi connectivity index (χ0) is 11.3. The van der Waals surface area contributed by atoms with Crippen molar-refractivity contribution in [1.82, 2.24) is 0 Å². The Balaban J connectivity index is 2.71. The van der Waals surface area contributed by atoms with Crippen molar-refractivity contribution in [2.75, 3.05) is 18.0 Å². The largest absolute Gasteiger partial charge is 0.393 e. The minimum atomic E-state index is -0.260. The molecule has 1 N–H and O–H groups in total. The number of rotatable bonds is 5. The fraction of sp³-hybridized carbons (Fsp3) is 0.538. The van der Waals surface area contributed by atoms with Gasteiger partial charge in [-0.15, -0.1) is 0 Å². The van der Waals surface area contributed by atoms with Gasteiger partial charge in [0.1, 0.15) is 0 Å². The van der Waals surface area contributed by atoms with Crippen LogP contribution >= 0.6 is 0 Å². The summed E-state index contributed by atoms with van der Waals surface area (Å²) in [6.45, 7) is 8.21. The predicted octanol–water partition coefficient (Wildman–Crippen LogP) is 2.46. The smallest absolute Gasteiger partial charge is 0.0552 e. The van der Waals surface area contributed by atoms with Crippen LogP contribution in [0, 0.1) is 0 Å². The molecule has 1 aromatic carbocycles. The highest BCUT2D eigenvalue weighted by Gasteiger charge is 2.02. The van der Waals surface area contributed by atoms with E-state index < -0.39 is 0 Å². The van der Waals surface area contributed by atoms with E-state index in [1.54, 1.807) is 0 Å². The fourth-order valence-corrected chi connectivity index (χ4v) is 1.77. The molecule has 1 rings (SSSR count). The number of aliphatic hydroxyl groups excluding tert-OH is 1. The molecular weight excluding hydrogens is 186 g/mol. The van der Waals surface area contributed by atoms with Crippen LogP contribution in [0.2, 0.25) is 0 Å². The third kappa shape index (κ3) is 3.56. The number of aliphatic hydroxyl groups is 1. The van der Waals surface area contributed by atoms with E-state index in [0.717, 1.165) is 19.5 Å². The summed E-state index contributed by atoms with van der Waals surface area (Å²) in [5, 5.41) is 9.27.